The van der Waals surface area contributed by atoms with Crippen molar-refractivity contribution in [3.8, 4) is 6.07 Å². The van der Waals surface area contributed by atoms with Gasteiger partial charge in [0.1, 0.15) is 0 Å². The Morgan fingerprint density at radius 3 is 3.11 bits per heavy atom. The summed E-state index contributed by atoms with van der Waals surface area (Å²) in [4.78, 5) is 11.9. The Kier molecular flexibility index (Phi) is 4.16. The molecule has 1 N–H and O–H groups in total. The number of nitrogens with zero attached hydrogens (tertiary/aromatic N) is 2. The number of nitriles is 1. The van der Waals surface area contributed by atoms with E-state index < -0.39 is 0 Å². The van der Waals surface area contributed by atoms with Gasteiger partial charge in [-0.2, -0.15) is 5.26 Å². The van der Waals surface area contributed by atoms with Crippen LogP contribution < -0.4 is 10.9 Å². The maximum Gasteiger partial charge on any atom is 0.250 e. The highest BCUT2D eigenvalue weighted by Crippen LogP contribution is 2.28. The smallest absolute Gasteiger partial charge is 0.250 e. The van der Waals surface area contributed by atoms with Gasteiger partial charge in [-0.1, -0.05) is 6.07 Å². The van der Waals surface area contributed by atoms with Gasteiger partial charge in [0.2, 0.25) is 0 Å². The van der Waals surface area contributed by atoms with E-state index in [9.17, 15) is 4.79 Å². The third-order valence-corrected chi connectivity index (χ3v) is 3.63. The number of rotatable bonds is 4. The van der Waals surface area contributed by atoms with Crippen LogP contribution in [0.1, 0.15) is 43.0 Å². The van der Waals surface area contributed by atoms with Crippen LogP contribution in [0.3, 0.4) is 0 Å². The monoisotopic (exact) mass is 245 g/mol. The van der Waals surface area contributed by atoms with E-state index >= 15 is 0 Å². The molecule has 0 saturated heterocycles. The number of hydrogen-bond donors (Lipinski definition) is 1. The fourth-order valence-electron chi connectivity index (χ4n) is 2.72. The Morgan fingerprint density at radius 2 is 2.39 bits per heavy atom. The quantitative estimate of drug-likeness (QED) is 0.822. The summed E-state index contributed by atoms with van der Waals surface area (Å²) in [6.07, 6.45) is 4.46. The fraction of sp³-hybridized carbons (Fsp3) is 0.571. The first-order valence-corrected chi connectivity index (χ1v) is 6.54. The lowest BCUT2D eigenvalue weighted by molar-refractivity contribution is 0.464. The summed E-state index contributed by atoms with van der Waals surface area (Å²) in [7, 11) is 1.96. The Hall–Kier alpha value is -1.60. The Labute approximate surface area is 107 Å². The van der Waals surface area contributed by atoms with Crippen LogP contribution in [0, 0.1) is 11.3 Å². The molecule has 1 aliphatic rings. The lowest BCUT2D eigenvalue weighted by Gasteiger charge is -2.27. The molecule has 0 radical (unpaired) electrons. The van der Waals surface area contributed by atoms with Gasteiger partial charge >= 0.3 is 0 Å². The van der Waals surface area contributed by atoms with Crippen LogP contribution in [0.15, 0.2) is 16.9 Å². The predicted octanol–water partition coefficient (Wildman–Crippen LogP) is 1.75. The van der Waals surface area contributed by atoms with Crippen LogP contribution in [-0.2, 0) is 13.0 Å². The first kappa shape index (κ1) is 12.8. The number of nitrogens with one attached hydrogen (secondary N) is 1. The molecule has 0 bridgehead atoms. The molecular weight excluding hydrogens is 226 g/mol. The Balaban J connectivity index is 2.34. The van der Waals surface area contributed by atoms with Crippen LogP contribution in [0.4, 0.5) is 0 Å². The molecule has 0 spiro atoms. The van der Waals surface area contributed by atoms with Gasteiger partial charge in [0.05, 0.1) is 6.07 Å². The second-order valence-electron chi connectivity index (χ2n) is 4.72. The van der Waals surface area contributed by atoms with Gasteiger partial charge in [0.15, 0.2) is 0 Å². The van der Waals surface area contributed by atoms with Crippen molar-refractivity contribution in [3.63, 3.8) is 0 Å². The number of aromatic nitrogens is 1. The molecule has 4 heteroatoms. The lowest BCUT2D eigenvalue weighted by Crippen LogP contribution is -2.30. The van der Waals surface area contributed by atoms with E-state index in [1.807, 2.05) is 17.7 Å². The molecule has 96 valence electrons. The van der Waals surface area contributed by atoms with E-state index in [0.717, 1.165) is 31.4 Å². The molecule has 4 nitrogen and oxygen atoms in total. The van der Waals surface area contributed by atoms with Gasteiger partial charge in [-0.25, -0.2) is 0 Å². The van der Waals surface area contributed by atoms with Crippen molar-refractivity contribution < 1.29 is 0 Å². The summed E-state index contributed by atoms with van der Waals surface area (Å²) < 4.78 is 1.86. The summed E-state index contributed by atoms with van der Waals surface area (Å²) in [5.74, 6) is 0. The second kappa shape index (κ2) is 5.83. The maximum atomic E-state index is 11.9. The van der Waals surface area contributed by atoms with Crippen molar-refractivity contribution in [2.24, 2.45) is 0 Å². The van der Waals surface area contributed by atoms with Crippen LogP contribution >= 0.6 is 0 Å². The third-order valence-electron chi connectivity index (χ3n) is 3.63. The molecular formula is C14H19N3O. The lowest BCUT2D eigenvalue weighted by atomic mass is 9.91. The van der Waals surface area contributed by atoms with E-state index in [1.165, 1.54) is 5.56 Å². The topological polar surface area (TPSA) is 57.8 Å². The average Bonchev–Trinajstić information content (AvgIpc) is 2.40. The minimum atomic E-state index is 0.0587. The molecule has 0 aliphatic heterocycles. The molecule has 18 heavy (non-hydrogen) atoms. The molecule has 1 heterocycles. The van der Waals surface area contributed by atoms with E-state index in [2.05, 4.69) is 11.4 Å². The zero-order valence-corrected chi connectivity index (χ0v) is 10.8. The molecule has 0 fully saturated rings. The van der Waals surface area contributed by atoms with Crippen molar-refractivity contribution in [2.45, 2.75) is 44.7 Å². The Morgan fingerprint density at radius 1 is 1.56 bits per heavy atom. The fourth-order valence-corrected chi connectivity index (χ4v) is 2.72. The van der Waals surface area contributed by atoms with Crippen LogP contribution in [0.2, 0.25) is 0 Å². The third kappa shape index (κ3) is 2.46. The Bertz CT molecular complexity index is 513. The van der Waals surface area contributed by atoms with Crippen LogP contribution in [0.25, 0.3) is 0 Å². The number of unbranched alkanes of at least 4 members (excludes halogenated alkanes) is 1. The van der Waals surface area contributed by atoms with E-state index in [1.54, 1.807) is 6.07 Å². The molecule has 1 aliphatic carbocycles. The first-order chi connectivity index (χ1) is 8.77. The summed E-state index contributed by atoms with van der Waals surface area (Å²) in [5, 5.41) is 11.9. The van der Waals surface area contributed by atoms with Crippen molar-refractivity contribution in [3.05, 3.63) is 33.7 Å². The minimum Gasteiger partial charge on any atom is -0.313 e. The zero-order chi connectivity index (χ0) is 13.0. The van der Waals surface area contributed by atoms with Crippen molar-refractivity contribution in [2.75, 3.05) is 7.05 Å². The highest BCUT2D eigenvalue weighted by molar-refractivity contribution is 5.27. The minimum absolute atomic E-state index is 0.0587. The molecule has 0 saturated carbocycles. The van der Waals surface area contributed by atoms with Gasteiger partial charge in [-0.3, -0.25) is 4.79 Å². The van der Waals surface area contributed by atoms with Crippen LogP contribution in [-0.4, -0.2) is 11.6 Å². The van der Waals surface area contributed by atoms with E-state index in [4.69, 9.17) is 5.26 Å². The van der Waals surface area contributed by atoms with Gasteiger partial charge in [0.25, 0.3) is 5.56 Å². The maximum absolute atomic E-state index is 11.9. The SMILES string of the molecule is CNC1CCCc2c1ccc(=O)n2CCCC#N. The molecule has 0 amide bonds. The summed E-state index contributed by atoms with van der Waals surface area (Å²) in [5.41, 5.74) is 2.47. The van der Waals surface area contributed by atoms with E-state index in [-0.39, 0.29) is 5.56 Å². The number of fused-ring (bicyclic) bond motifs is 1. The predicted molar refractivity (Wildman–Crippen MR) is 70.3 cm³/mol. The highest BCUT2D eigenvalue weighted by Gasteiger charge is 2.21. The normalized spacial score (nSPS) is 18.1. The average molecular weight is 245 g/mol. The van der Waals surface area contributed by atoms with Gasteiger partial charge in [-0.05, 0) is 38.3 Å². The summed E-state index contributed by atoms with van der Waals surface area (Å²) in [6.45, 7) is 0.659. The van der Waals surface area contributed by atoms with Gasteiger partial charge in [-0.15, -0.1) is 0 Å². The standard InChI is InChI=1S/C14H19N3O/c1-16-12-5-4-6-13-11(12)7-8-14(18)17(13)10-3-2-9-15/h7-8,12,16H,2-6,10H2,1H3. The summed E-state index contributed by atoms with van der Waals surface area (Å²) >= 11 is 0. The highest BCUT2D eigenvalue weighted by atomic mass is 16.1. The number of hydrogen-bond acceptors (Lipinski definition) is 3. The molecule has 2 rings (SSSR count). The molecule has 0 aromatic carbocycles. The van der Waals surface area contributed by atoms with Crippen molar-refractivity contribution >= 4 is 0 Å². The van der Waals surface area contributed by atoms with Gasteiger partial charge in [0, 0.05) is 30.8 Å². The largest absolute Gasteiger partial charge is 0.313 e. The summed E-state index contributed by atoms with van der Waals surface area (Å²) in [6, 6.07) is 6.10. The molecule has 1 unspecified atom stereocenters. The first-order valence-electron chi connectivity index (χ1n) is 6.54. The molecule has 1 aromatic heterocycles. The second-order valence-corrected chi connectivity index (χ2v) is 4.72. The molecule has 1 atom stereocenters. The van der Waals surface area contributed by atoms with Crippen molar-refractivity contribution in [1.82, 2.24) is 9.88 Å². The van der Waals surface area contributed by atoms with Gasteiger partial charge < -0.3 is 9.88 Å². The van der Waals surface area contributed by atoms with Crippen molar-refractivity contribution in [1.29, 1.82) is 5.26 Å². The zero-order valence-electron chi connectivity index (χ0n) is 10.8. The number of pyridine rings is 1. The molecule has 1 aromatic rings. The van der Waals surface area contributed by atoms with E-state index in [0.29, 0.717) is 19.0 Å². The van der Waals surface area contributed by atoms with Crippen LogP contribution in [0.5, 0.6) is 0 Å².